The van der Waals surface area contributed by atoms with Gasteiger partial charge in [0.15, 0.2) is 5.76 Å². The fourth-order valence-electron chi connectivity index (χ4n) is 3.57. The first kappa shape index (κ1) is 18.9. The number of piperazine rings is 1. The molecule has 2 saturated heterocycles. The Morgan fingerprint density at radius 1 is 0.963 bits per heavy atom. The summed E-state index contributed by atoms with van der Waals surface area (Å²) in [6, 6.07) is 9.39. The van der Waals surface area contributed by atoms with Crippen molar-refractivity contribution in [2.75, 3.05) is 39.3 Å². The highest BCUT2D eigenvalue weighted by atomic mass is 35.5. The van der Waals surface area contributed by atoms with E-state index in [0.29, 0.717) is 50.8 Å². The van der Waals surface area contributed by atoms with Crippen LogP contribution in [0, 0.1) is 0 Å². The van der Waals surface area contributed by atoms with Gasteiger partial charge in [0.1, 0.15) is 5.69 Å². The molecule has 3 heterocycles. The highest BCUT2D eigenvalue weighted by molar-refractivity contribution is 7.86. The Kier molecular flexibility index (Phi) is 5.52. The molecule has 1 aromatic carbocycles. The Morgan fingerprint density at radius 3 is 2.26 bits per heavy atom. The first-order valence-electron chi connectivity index (χ1n) is 9.21. The Bertz CT molecular complexity index is 870. The molecular weight excluding hydrogens is 388 g/mol. The van der Waals surface area contributed by atoms with Crippen LogP contribution < -0.4 is 0 Å². The minimum Gasteiger partial charge on any atom is -0.359 e. The van der Waals surface area contributed by atoms with Gasteiger partial charge >= 0.3 is 0 Å². The van der Waals surface area contributed by atoms with Crippen LogP contribution >= 0.6 is 11.6 Å². The van der Waals surface area contributed by atoms with Crippen LogP contribution in [0.5, 0.6) is 0 Å². The molecule has 0 unspecified atom stereocenters. The lowest BCUT2D eigenvalue weighted by atomic mass is 10.1. The van der Waals surface area contributed by atoms with E-state index < -0.39 is 10.2 Å². The number of rotatable bonds is 5. The third-order valence-electron chi connectivity index (χ3n) is 5.13. The van der Waals surface area contributed by atoms with Gasteiger partial charge in [0, 0.05) is 55.9 Å². The SMILES string of the molecule is O=S(=O)(N1CCCC1)N1CCN(Cc2cc(-c3ccc(Cl)cc3)no2)CC1. The van der Waals surface area contributed by atoms with Gasteiger partial charge in [0.2, 0.25) is 0 Å². The fourth-order valence-corrected chi connectivity index (χ4v) is 5.36. The Hall–Kier alpha value is -1.45. The lowest BCUT2D eigenvalue weighted by Crippen LogP contribution is -2.52. The summed E-state index contributed by atoms with van der Waals surface area (Å²) in [5, 5.41) is 4.81. The molecule has 0 N–H and O–H groups in total. The molecule has 9 heteroatoms. The lowest BCUT2D eigenvalue weighted by Gasteiger charge is -2.35. The second-order valence-electron chi connectivity index (χ2n) is 6.97. The van der Waals surface area contributed by atoms with Crippen molar-refractivity contribution in [1.82, 2.24) is 18.7 Å². The second kappa shape index (κ2) is 7.89. The van der Waals surface area contributed by atoms with Crippen molar-refractivity contribution in [3.63, 3.8) is 0 Å². The second-order valence-corrected chi connectivity index (χ2v) is 9.34. The Labute approximate surface area is 164 Å². The summed E-state index contributed by atoms with van der Waals surface area (Å²) in [5.74, 6) is 0.774. The first-order valence-corrected chi connectivity index (χ1v) is 11.0. The van der Waals surface area contributed by atoms with E-state index in [1.165, 1.54) is 0 Å². The van der Waals surface area contributed by atoms with E-state index in [1.807, 2.05) is 30.3 Å². The molecular formula is C18H23ClN4O3S. The molecule has 7 nitrogen and oxygen atoms in total. The van der Waals surface area contributed by atoms with E-state index in [0.717, 1.165) is 29.9 Å². The van der Waals surface area contributed by atoms with Crippen LogP contribution in [-0.2, 0) is 16.8 Å². The van der Waals surface area contributed by atoms with Crippen molar-refractivity contribution in [3.8, 4) is 11.3 Å². The molecule has 4 rings (SSSR count). The molecule has 0 radical (unpaired) electrons. The molecule has 2 fully saturated rings. The van der Waals surface area contributed by atoms with E-state index in [1.54, 1.807) is 8.61 Å². The van der Waals surface area contributed by atoms with Crippen LogP contribution in [0.15, 0.2) is 34.9 Å². The number of benzene rings is 1. The van der Waals surface area contributed by atoms with Crippen molar-refractivity contribution >= 4 is 21.8 Å². The predicted molar refractivity (Wildman–Crippen MR) is 104 cm³/mol. The number of hydrogen-bond acceptors (Lipinski definition) is 5. The molecule has 0 saturated carbocycles. The third-order valence-corrected chi connectivity index (χ3v) is 7.41. The molecule has 0 amide bonds. The summed E-state index contributed by atoms with van der Waals surface area (Å²) in [4.78, 5) is 2.20. The van der Waals surface area contributed by atoms with Crippen LogP contribution in [-0.4, -0.2) is 66.4 Å². The standard InChI is InChI=1S/C18H23ClN4O3S/c19-16-5-3-15(4-6-16)18-13-17(26-20-18)14-21-9-11-23(12-10-21)27(24,25)22-7-1-2-8-22/h3-6,13H,1-2,7-12,14H2. The molecule has 0 aliphatic carbocycles. The van der Waals surface area contributed by atoms with Gasteiger partial charge in [0.05, 0.1) is 6.54 Å². The summed E-state index contributed by atoms with van der Waals surface area (Å²) in [5.41, 5.74) is 1.73. The van der Waals surface area contributed by atoms with Crippen molar-refractivity contribution in [3.05, 3.63) is 41.1 Å². The van der Waals surface area contributed by atoms with Gasteiger partial charge in [-0.1, -0.05) is 28.9 Å². The summed E-state index contributed by atoms with van der Waals surface area (Å²) in [6.45, 7) is 4.31. The smallest absolute Gasteiger partial charge is 0.282 e. The number of nitrogens with zero attached hydrogens (tertiary/aromatic N) is 4. The summed E-state index contributed by atoms with van der Waals surface area (Å²) in [6.07, 6.45) is 1.92. The van der Waals surface area contributed by atoms with E-state index in [2.05, 4.69) is 10.1 Å². The normalized spacial score (nSPS) is 20.3. The van der Waals surface area contributed by atoms with Gasteiger partial charge in [-0.25, -0.2) is 0 Å². The van der Waals surface area contributed by atoms with Gasteiger partial charge < -0.3 is 4.52 Å². The summed E-state index contributed by atoms with van der Waals surface area (Å²) >= 11 is 5.92. The molecule has 2 aromatic rings. The molecule has 146 valence electrons. The monoisotopic (exact) mass is 410 g/mol. The number of halogens is 1. The van der Waals surface area contributed by atoms with Gasteiger partial charge in [-0.15, -0.1) is 0 Å². The summed E-state index contributed by atoms with van der Waals surface area (Å²) in [7, 11) is -3.30. The molecule has 0 atom stereocenters. The summed E-state index contributed by atoms with van der Waals surface area (Å²) < 4.78 is 33.9. The minimum atomic E-state index is -3.30. The maximum Gasteiger partial charge on any atom is 0.282 e. The maximum atomic E-state index is 12.6. The van der Waals surface area contributed by atoms with Crippen LogP contribution in [0.4, 0.5) is 0 Å². The highest BCUT2D eigenvalue weighted by Gasteiger charge is 2.33. The number of hydrogen-bond donors (Lipinski definition) is 0. The average molecular weight is 411 g/mol. The van der Waals surface area contributed by atoms with Crippen LogP contribution in [0.3, 0.4) is 0 Å². The van der Waals surface area contributed by atoms with Gasteiger partial charge in [0.25, 0.3) is 10.2 Å². The highest BCUT2D eigenvalue weighted by Crippen LogP contribution is 2.23. The minimum absolute atomic E-state index is 0.511. The third kappa shape index (κ3) is 4.20. The van der Waals surface area contributed by atoms with Crippen LogP contribution in [0.2, 0.25) is 5.02 Å². The molecule has 0 spiro atoms. The van der Waals surface area contributed by atoms with Crippen molar-refractivity contribution in [2.24, 2.45) is 0 Å². The quantitative estimate of drug-likeness (QED) is 0.757. The predicted octanol–water partition coefficient (Wildman–Crippen LogP) is 2.45. The van der Waals surface area contributed by atoms with Crippen molar-refractivity contribution < 1.29 is 12.9 Å². The topological polar surface area (TPSA) is 69.9 Å². The van der Waals surface area contributed by atoms with Gasteiger partial charge in [-0.2, -0.15) is 17.0 Å². The molecule has 2 aliphatic heterocycles. The molecule has 1 aromatic heterocycles. The Morgan fingerprint density at radius 2 is 1.59 bits per heavy atom. The molecule has 27 heavy (non-hydrogen) atoms. The van der Waals surface area contributed by atoms with Crippen molar-refractivity contribution in [1.29, 1.82) is 0 Å². The van der Waals surface area contributed by atoms with E-state index in [4.69, 9.17) is 16.1 Å². The van der Waals surface area contributed by atoms with Gasteiger partial charge in [-0.05, 0) is 25.0 Å². The Balaban J connectivity index is 1.34. The number of aromatic nitrogens is 1. The van der Waals surface area contributed by atoms with E-state index in [-0.39, 0.29) is 0 Å². The molecule has 2 aliphatic rings. The van der Waals surface area contributed by atoms with Crippen LogP contribution in [0.25, 0.3) is 11.3 Å². The largest absolute Gasteiger partial charge is 0.359 e. The zero-order chi connectivity index (χ0) is 18.9. The van der Waals surface area contributed by atoms with Crippen molar-refractivity contribution in [2.45, 2.75) is 19.4 Å². The van der Waals surface area contributed by atoms with Gasteiger partial charge in [-0.3, -0.25) is 4.90 Å². The zero-order valence-electron chi connectivity index (χ0n) is 15.1. The van der Waals surface area contributed by atoms with Crippen LogP contribution in [0.1, 0.15) is 18.6 Å². The first-order chi connectivity index (χ1) is 13.0. The van der Waals surface area contributed by atoms with E-state index >= 15 is 0 Å². The average Bonchev–Trinajstić information content (AvgIpc) is 3.35. The zero-order valence-corrected chi connectivity index (χ0v) is 16.6. The van der Waals surface area contributed by atoms with E-state index in [9.17, 15) is 8.42 Å². The molecule has 0 bridgehead atoms. The fraction of sp³-hybridized carbons (Fsp3) is 0.500. The lowest BCUT2D eigenvalue weighted by molar-refractivity contribution is 0.161. The maximum absolute atomic E-state index is 12.6.